The van der Waals surface area contributed by atoms with E-state index >= 15 is 0 Å². The third-order valence-corrected chi connectivity index (χ3v) is 6.21. The first-order chi connectivity index (χ1) is 14.2. The molecule has 148 valence electrons. The number of aromatic nitrogens is 3. The molecule has 0 unspecified atom stereocenters. The van der Waals surface area contributed by atoms with Crippen LogP contribution in [-0.4, -0.2) is 44.2 Å². The molecule has 0 saturated carbocycles. The normalized spacial score (nSPS) is 15.4. The smallest absolute Gasteiger partial charge is 0.326 e. The molecule has 0 radical (unpaired) electrons. The molecule has 1 saturated heterocycles. The topological polar surface area (TPSA) is 84.1 Å². The molecule has 1 aliphatic heterocycles. The van der Waals surface area contributed by atoms with E-state index in [1.165, 1.54) is 11.8 Å². The van der Waals surface area contributed by atoms with Crippen LogP contribution in [0.3, 0.4) is 0 Å². The van der Waals surface area contributed by atoms with Crippen molar-refractivity contribution in [1.82, 2.24) is 19.4 Å². The highest BCUT2D eigenvalue weighted by Crippen LogP contribution is 2.27. The monoisotopic (exact) mass is 408 g/mol. The number of hydrogen-bond donors (Lipinski definition) is 1. The third kappa shape index (κ3) is 3.44. The van der Waals surface area contributed by atoms with Gasteiger partial charge in [0.05, 0.1) is 16.8 Å². The minimum absolute atomic E-state index is 0.0713. The summed E-state index contributed by atoms with van der Waals surface area (Å²) in [7, 11) is 0. The van der Waals surface area contributed by atoms with Crippen LogP contribution >= 0.6 is 11.8 Å². The number of rotatable bonds is 4. The zero-order valence-electron chi connectivity index (χ0n) is 15.7. The summed E-state index contributed by atoms with van der Waals surface area (Å²) in [4.78, 5) is 34.2. The number of carbonyl (C=O) groups is 1. The highest BCUT2D eigenvalue weighted by atomic mass is 32.2. The Hall–Kier alpha value is -3.00. The van der Waals surface area contributed by atoms with Gasteiger partial charge in [-0.2, -0.15) is 0 Å². The van der Waals surface area contributed by atoms with Crippen molar-refractivity contribution in [2.24, 2.45) is 0 Å². The minimum atomic E-state index is -0.0810. The summed E-state index contributed by atoms with van der Waals surface area (Å²) < 4.78 is 7.50. The fraction of sp³-hybridized carbons (Fsp3) is 0.286. The van der Waals surface area contributed by atoms with Crippen LogP contribution in [0, 0.1) is 0 Å². The minimum Gasteiger partial charge on any atom is -0.431 e. The van der Waals surface area contributed by atoms with Crippen LogP contribution < -0.4 is 5.69 Å². The fourth-order valence-electron chi connectivity index (χ4n) is 3.94. The Kier molecular flexibility index (Phi) is 4.63. The van der Waals surface area contributed by atoms with Crippen molar-refractivity contribution in [2.75, 3.05) is 18.8 Å². The molecule has 1 amide bonds. The van der Waals surface area contributed by atoms with Gasteiger partial charge in [0.25, 0.3) is 5.22 Å². The summed E-state index contributed by atoms with van der Waals surface area (Å²) in [6, 6.07) is 15.4. The largest absolute Gasteiger partial charge is 0.431 e. The number of nitrogens with zero attached hydrogens (tertiary/aromatic N) is 3. The van der Waals surface area contributed by atoms with Gasteiger partial charge in [0.2, 0.25) is 5.91 Å². The molecule has 7 nitrogen and oxygen atoms in total. The predicted octanol–water partition coefficient (Wildman–Crippen LogP) is 3.43. The van der Waals surface area contributed by atoms with Gasteiger partial charge in [-0.3, -0.25) is 9.36 Å². The van der Waals surface area contributed by atoms with Crippen LogP contribution in [0.25, 0.3) is 22.1 Å². The number of para-hydroxylation sites is 4. The number of aromatic amines is 1. The Labute approximate surface area is 170 Å². The number of amides is 1. The molecule has 1 fully saturated rings. The fourth-order valence-corrected chi connectivity index (χ4v) is 4.68. The first-order valence-corrected chi connectivity index (χ1v) is 10.6. The van der Waals surface area contributed by atoms with Gasteiger partial charge >= 0.3 is 5.69 Å². The molecular formula is C21H20N4O3S. The van der Waals surface area contributed by atoms with Crippen LogP contribution in [0.15, 0.2) is 63.0 Å². The molecule has 2 aromatic carbocycles. The van der Waals surface area contributed by atoms with Gasteiger partial charge in [0.1, 0.15) is 5.52 Å². The van der Waals surface area contributed by atoms with Gasteiger partial charge in [-0.05, 0) is 37.1 Å². The van der Waals surface area contributed by atoms with Crippen molar-refractivity contribution in [3.8, 4) is 0 Å². The molecule has 4 aromatic rings. The molecular weight excluding hydrogens is 388 g/mol. The SMILES string of the molecule is O=C(CSc1nc2ccccc2o1)N1CCC(n2c(=O)[nH]c3ccccc32)CC1. The first kappa shape index (κ1) is 18.1. The van der Waals surface area contributed by atoms with Crippen molar-refractivity contribution in [1.29, 1.82) is 0 Å². The van der Waals surface area contributed by atoms with E-state index < -0.39 is 0 Å². The standard InChI is InChI=1S/C21H20N4O3S/c26-19(13-29-21-23-16-6-2-4-8-18(16)28-21)24-11-9-14(10-12-24)25-17-7-3-1-5-15(17)22-20(25)27/h1-8,14H,9-13H2,(H,22,27). The lowest BCUT2D eigenvalue weighted by Crippen LogP contribution is -2.41. The van der Waals surface area contributed by atoms with Crippen molar-refractivity contribution >= 4 is 39.8 Å². The van der Waals surface area contributed by atoms with E-state index in [0.717, 1.165) is 35.0 Å². The van der Waals surface area contributed by atoms with Crippen molar-refractivity contribution in [2.45, 2.75) is 24.1 Å². The number of hydrogen-bond acceptors (Lipinski definition) is 5. The van der Waals surface area contributed by atoms with Crippen molar-refractivity contribution < 1.29 is 9.21 Å². The van der Waals surface area contributed by atoms with Crippen LogP contribution in [-0.2, 0) is 4.79 Å². The Morgan fingerprint density at radius 2 is 1.90 bits per heavy atom. The molecule has 1 N–H and O–H groups in total. The summed E-state index contributed by atoms with van der Waals surface area (Å²) in [5, 5.41) is 0.514. The second-order valence-electron chi connectivity index (χ2n) is 7.17. The zero-order chi connectivity index (χ0) is 19.8. The number of thioether (sulfide) groups is 1. The van der Waals surface area contributed by atoms with E-state index in [9.17, 15) is 9.59 Å². The predicted molar refractivity (Wildman–Crippen MR) is 112 cm³/mol. The molecule has 29 heavy (non-hydrogen) atoms. The number of H-pyrrole nitrogens is 1. The molecule has 3 heterocycles. The molecule has 0 aliphatic carbocycles. The van der Waals surface area contributed by atoms with E-state index in [1.54, 1.807) is 0 Å². The second kappa shape index (κ2) is 7.44. The maximum atomic E-state index is 12.6. The van der Waals surface area contributed by atoms with E-state index in [4.69, 9.17) is 4.42 Å². The van der Waals surface area contributed by atoms with Crippen LogP contribution in [0.5, 0.6) is 0 Å². The lowest BCUT2D eigenvalue weighted by molar-refractivity contribution is -0.129. The van der Waals surface area contributed by atoms with Crippen LogP contribution in [0.2, 0.25) is 0 Å². The average molecular weight is 408 g/mol. The van der Waals surface area contributed by atoms with Crippen molar-refractivity contribution in [3.63, 3.8) is 0 Å². The van der Waals surface area contributed by atoms with E-state index in [-0.39, 0.29) is 17.6 Å². The van der Waals surface area contributed by atoms with Gasteiger partial charge < -0.3 is 14.3 Å². The Balaban J connectivity index is 1.21. The number of carbonyl (C=O) groups excluding carboxylic acids is 1. The summed E-state index contributed by atoms with van der Waals surface area (Å²) in [5.41, 5.74) is 3.22. The Morgan fingerprint density at radius 1 is 1.14 bits per heavy atom. The highest BCUT2D eigenvalue weighted by molar-refractivity contribution is 7.99. The Morgan fingerprint density at radius 3 is 2.72 bits per heavy atom. The van der Waals surface area contributed by atoms with Gasteiger partial charge in [0, 0.05) is 19.1 Å². The van der Waals surface area contributed by atoms with Gasteiger partial charge in [0.15, 0.2) is 5.58 Å². The second-order valence-corrected chi connectivity index (χ2v) is 8.09. The summed E-state index contributed by atoms with van der Waals surface area (Å²) in [6.45, 7) is 1.28. The number of benzene rings is 2. The molecule has 2 aromatic heterocycles. The number of likely N-dealkylation sites (tertiary alicyclic amines) is 1. The summed E-state index contributed by atoms with van der Waals surface area (Å²) >= 11 is 1.32. The zero-order valence-corrected chi connectivity index (χ0v) is 16.5. The average Bonchev–Trinajstić information content (AvgIpc) is 3.31. The first-order valence-electron chi connectivity index (χ1n) is 9.64. The maximum Gasteiger partial charge on any atom is 0.326 e. The van der Waals surface area contributed by atoms with Crippen LogP contribution in [0.1, 0.15) is 18.9 Å². The highest BCUT2D eigenvalue weighted by Gasteiger charge is 2.26. The summed E-state index contributed by atoms with van der Waals surface area (Å²) in [5.74, 6) is 0.367. The summed E-state index contributed by atoms with van der Waals surface area (Å²) in [6.07, 6.45) is 1.53. The van der Waals surface area contributed by atoms with E-state index in [0.29, 0.717) is 24.1 Å². The van der Waals surface area contributed by atoms with Crippen LogP contribution in [0.4, 0.5) is 0 Å². The number of fused-ring (bicyclic) bond motifs is 2. The number of nitrogens with one attached hydrogen (secondary N) is 1. The molecule has 0 atom stereocenters. The Bertz CT molecular complexity index is 1200. The molecule has 0 spiro atoms. The lowest BCUT2D eigenvalue weighted by atomic mass is 10.0. The van der Waals surface area contributed by atoms with E-state index in [1.807, 2.05) is 58.0 Å². The van der Waals surface area contributed by atoms with Gasteiger partial charge in [-0.1, -0.05) is 36.0 Å². The number of imidazole rings is 1. The lowest BCUT2D eigenvalue weighted by Gasteiger charge is -2.32. The maximum absolute atomic E-state index is 12.6. The molecule has 0 bridgehead atoms. The molecule has 5 rings (SSSR count). The van der Waals surface area contributed by atoms with Gasteiger partial charge in [-0.25, -0.2) is 9.78 Å². The quantitative estimate of drug-likeness (QED) is 0.523. The number of oxazole rings is 1. The van der Waals surface area contributed by atoms with Gasteiger partial charge in [-0.15, -0.1) is 0 Å². The van der Waals surface area contributed by atoms with E-state index in [2.05, 4.69) is 9.97 Å². The third-order valence-electron chi connectivity index (χ3n) is 5.40. The number of piperidine rings is 1. The molecule has 1 aliphatic rings. The molecule has 8 heteroatoms. The van der Waals surface area contributed by atoms with Crippen molar-refractivity contribution in [3.05, 3.63) is 59.0 Å².